The molecular formula is C24H40N2O4S. The van der Waals surface area contributed by atoms with Crippen LogP contribution in [0.1, 0.15) is 70.9 Å². The molecule has 0 spiro atoms. The molecule has 0 aliphatic rings. The van der Waals surface area contributed by atoms with Crippen LogP contribution in [0.25, 0.3) is 0 Å². The molecule has 0 saturated carbocycles. The molecule has 4 unspecified atom stereocenters. The van der Waals surface area contributed by atoms with Crippen LogP contribution in [0.15, 0.2) is 24.3 Å². The number of methoxy groups -OCH3 is 2. The predicted molar refractivity (Wildman–Crippen MR) is 130 cm³/mol. The van der Waals surface area contributed by atoms with Crippen LogP contribution in [0.2, 0.25) is 0 Å². The van der Waals surface area contributed by atoms with Gasteiger partial charge in [-0.3, -0.25) is 0 Å². The number of alkyl carbamates (subject to hydrolysis) is 1. The Bertz CT molecular complexity index is 688. The lowest BCUT2D eigenvalue weighted by atomic mass is 9.85. The fourth-order valence-corrected chi connectivity index (χ4v) is 3.66. The first-order valence-electron chi connectivity index (χ1n) is 10.9. The molecule has 0 saturated heterocycles. The van der Waals surface area contributed by atoms with Crippen molar-refractivity contribution in [3.8, 4) is 0 Å². The van der Waals surface area contributed by atoms with Gasteiger partial charge in [0.05, 0.1) is 17.2 Å². The number of rotatable bonds is 12. The lowest BCUT2D eigenvalue weighted by Gasteiger charge is -2.29. The maximum atomic E-state index is 12.0. The van der Waals surface area contributed by atoms with E-state index in [1.807, 2.05) is 27.7 Å². The number of ether oxygens (including phenoxy) is 3. The van der Waals surface area contributed by atoms with Crippen LogP contribution >= 0.6 is 12.2 Å². The van der Waals surface area contributed by atoms with E-state index in [-0.39, 0.29) is 24.2 Å². The Morgan fingerprint density at radius 3 is 2.23 bits per heavy atom. The molecule has 0 aliphatic heterocycles. The van der Waals surface area contributed by atoms with Crippen molar-refractivity contribution < 1.29 is 19.0 Å². The summed E-state index contributed by atoms with van der Waals surface area (Å²) in [5, 5.41) is 2.89. The summed E-state index contributed by atoms with van der Waals surface area (Å²) in [7, 11) is 3.45. The van der Waals surface area contributed by atoms with E-state index in [2.05, 4.69) is 36.5 Å². The van der Waals surface area contributed by atoms with Gasteiger partial charge in [-0.15, -0.1) is 0 Å². The number of hydrogen-bond acceptors (Lipinski definition) is 5. The quantitative estimate of drug-likeness (QED) is 0.446. The normalized spacial score (nSPS) is 15.6. The number of nitrogens with one attached hydrogen (secondary N) is 1. The first kappa shape index (κ1) is 27.3. The average molecular weight is 453 g/mol. The standard InChI is InChI=1S/C24H40N2O4S/c1-16(26-23(27)30-24(3,4)5)14-18-8-10-19(11-9-18)20(15-17(2)28-6)21(29-7)12-13-22(25)31/h8-11,16-17,20-21H,12-15H2,1-7H3,(H2,25,31)(H,26,27). The number of carbonyl (C=O) groups excluding carboxylic acids is 1. The van der Waals surface area contributed by atoms with Crippen LogP contribution in [0.4, 0.5) is 4.79 Å². The van der Waals surface area contributed by atoms with Crippen molar-refractivity contribution in [3.05, 3.63) is 35.4 Å². The molecule has 0 heterocycles. The Kier molecular flexibility index (Phi) is 11.5. The number of amides is 1. The Morgan fingerprint density at radius 1 is 1.13 bits per heavy atom. The molecule has 0 bridgehead atoms. The third-order valence-corrected chi connectivity index (χ3v) is 5.33. The highest BCUT2D eigenvalue weighted by atomic mass is 32.1. The van der Waals surface area contributed by atoms with Crippen molar-refractivity contribution in [3.63, 3.8) is 0 Å². The predicted octanol–water partition coefficient (Wildman–Crippen LogP) is 4.73. The van der Waals surface area contributed by atoms with E-state index in [9.17, 15) is 4.79 Å². The fourth-order valence-electron chi connectivity index (χ4n) is 3.54. The topological polar surface area (TPSA) is 82.8 Å². The maximum Gasteiger partial charge on any atom is 0.407 e. The van der Waals surface area contributed by atoms with E-state index >= 15 is 0 Å². The number of benzene rings is 1. The average Bonchev–Trinajstić information content (AvgIpc) is 2.66. The van der Waals surface area contributed by atoms with E-state index in [0.29, 0.717) is 17.8 Å². The maximum absolute atomic E-state index is 12.0. The van der Waals surface area contributed by atoms with Crippen LogP contribution in [0, 0.1) is 0 Å². The number of carbonyl (C=O) groups is 1. The van der Waals surface area contributed by atoms with Crippen molar-refractivity contribution >= 4 is 23.3 Å². The monoisotopic (exact) mass is 452 g/mol. The van der Waals surface area contributed by atoms with Gasteiger partial charge in [-0.05, 0) is 71.4 Å². The zero-order chi connectivity index (χ0) is 23.6. The van der Waals surface area contributed by atoms with Crippen LogP contribution in [0.3, 0.4) is 0 Å². The number of thiocarbonyl (C=S) groups is 1. The largest absolute Gasteiger partial charge is 0.444 e. The minimum atomic E-state index is -0.509. The summed E-state index contributed by atoms with van der Waals surface area (Å²) >= 11 is 5.05. The minimum Gasteiger partial charge on any atom is -0.444 e. The van der Waals surface area contributed by atoms with Crippen molar-refractivity contribution in [1.82, 2.24) is 5.32 Å². The molecule has 1 aromatic rings. The van der Waals surface area contributed by atoms with Crippen LogP contribution in [-0.2, 0) is 20.6 Å². The smallest absolute Gasteiger partial charge is 0.407 e. The molecule has 0 aromatic heterocycles. The third-order valence-electron chi connectivity index (χ3n) is 5.13. The van der Waals surface area contributed by atoms with Gasteiger partial charge in [-0.1, -0.05) is 36.5 Å². The van der Waals surface area contributed by atoms with Crippen LogP contribution in [-0.4, -0.2) is 49.2 Å². The molecule has 1 rings (SSSR count). The molecule has 1 amide bonds. The number of nitrogens with two attached hydrogens (primary N) is 1. The third kappa shape index (κ3) is 10.9. The zero-order valence-electron chi connectivity index (χ0n) is 20.1. The van der Waals surface area contributed by atoms with Crippen LogP contribution in [0.5, 0.6) is 0 Å². The Morgan fingerprint density at radius 2 is 1.74 bits per heavy atom. The second-order valence-corrected chi connectivity index (χ2v) is 9.69. The van der Waals surface area contributed by atoms with Crippen molar-refractivity contribution in [1.29, 1.82) is 0 Å². The molecule has 0 fully saturated rings. The van der Waals surface area contributed by atoms with E-state index < -0.39 is 11.7 Å². The van der Waals surface area contributed by atoms with Crippen molar-refractivity contribution in [2.45, 2.75) is 90.1 Å². The lowest BCUT2D eigenvalue weighted by Crippen LogP contribution is -2.38. The summed E-state index contributed by atoms with van der Waals surface area (Å²) < 4.78 is 16.6. The van der Waals surface area contributed by atoms with Gasteiger partial charge in [-0.25, -0.2) is 4.79 Å². The summed E-state index contributed by atoms with van der Waals surface area (Å²) in [6.07, 6.45) is 2.67. The van der Waals surface area contributed by atoms with Gasteiger partial charge in [0.1, 0.15) is 5.60 Å². The SMILES string of the molecule is COC(C)CC(c1ccc(CC(C)NC(=O)OC(C)(C)C)cc1)C(CCC(N)=S)OC. The lowest BCUT2D eigenvalue weighted by molar-refractivity contribution is 0.0408. The van der Waals surface area contributed by atoms with Gasteiger partial charge in [0.15, 0.2) is 0 Å². The molecule has 0 aliphatic carbocycles. The Labute approximate surface area is 193 Å². The first-order chi connectivity index (χ1) is 14.4. The van der Waals surface area contributed by atoms with Gasteiger partial charge in [0.2, 0.25) is 0 Å². The van der Waals surface area contributed by atoms with Gasteiger partial charge in [0.25, 0.3) is 0 Å². The highest BCUT2D eigenvalue weighted by molar-refractivity contribution is 7.80. The van der Waals surface area contributed by atoms with E-state index in [4.69, 9.17) is 32.2 Å². The van der Waals surface area contributed by atoms with Gasteiger partial charge >= 0.3 is 6.09 Å². The second-order valence-electron chi connectivity index (χ2n) is 9.16. The molecular weight excluding hydrogens is 412 g/mol. The molecule has 6 nitrogen and oxygen atoms in total. The van der Waals surface area contributed by atoms with E-state index in [1.165, 1.54) is 5.56 Å². The summed E-state index contributed by atoms with van der Waals surface area (Å²) in [5.41, 5.74) is 7.53. The summed E-state index contributed by atoms with van der Waals surface area (Å²) in [4.78, 5) is 12.5. The molecule has 3 N–H and O–H groups in total. The Hall–Kier alpha value is -1.70. The second kappa shape index (κ2) is 13.0. The Balaban J connectivity index is 2.86. The van der Waals surface area contributed by atoms with E-state index in [1.54, 1.807) is 14.2 Å². The van der Waals surface area contributed by atoms with Crippen molar-refractivity contribution in [2.24, 2.45) is 5.73 Å². The van der Waals surface area contributed by atoms with Gasteiger partial charge in [-0.2, -0.15) is 0 Å². The van der Waals surface area contributed by atoms with Crippen LogP contribution < -0.4 is 11.1 Å². The van der Waals surface area contributed by atoms with Gasteiger partial charge in [0, 0.05) is 26.2 Å². The van der Waals surface area contributed by atoms with Crippen molar-refractivity contribution in [2.75, 3.05) is 14.2 Å². The van der Waals surface area contributed by atoms with E-state index in [0.717, 1.165) is 18.4 Å². The van der Waals surface area contributed by atoms with Gasteiger partial charge < -0.3 is 25.3 Å². The molecule has 1 aromatic carbocycles. The molecule has 31 heavy (non-hydrogen) atoms. The first-order valence-corrected chi connectivity index (χ1v) is 11.3. The fraction of sp³-hybridized carbons (Fsp3) is 0.667. The highest BCUT2D eigenvalue weighted by Gasteiger charge is 2.25. The minimum absolute atomic E-state index is 0.00212. The summed E-state index contributed by atoms with van der Waals surface area (Å²) in [5.74, 6) is 0.167. The zero-order valence-corrected chi connectivity index (χ0v) is 20.9. The number of hydrogen-bond donors (Lipinski definition) is 2. The molecule has 7 heteroatoms. The molecule has 176 valence electrons. The highest BCUT2D eigenvalue weighted by Crippen LogP contribution is 2.30. The summed E-state index contributed by atoms with van der Waals surface area (Å²) in [6.45, 7) is 9.59. The molecule has 4 atom stereocenters. The summed E-state index contributed by atoms with van der Waals surface area (Å²) in [6, 6.07) is 8.44. The molecule has 0 radical (unpaired) electrons.